The van der Waals surface area contributed by atoms with Crippen LogP contribution < -0.4 is 9.90 Å². The predicted octanol–water partition coefficient (Wildman–Crippen LogP) is 0.347. The van der Waals surface area contributed by atoms with Crippen LogP contribution in [0.15, 0.2) is 22.7 Å². The third-order valence-electron chi connectivity index (χ3n) is 2.09. The first-order valence-corrected chi connectivity index (χ1v) is 4.58. The highest BCUT2D eigenvalue weighted by Gasteiger charge is 2.39. The van der Waals surface area contributed by atoms with Crippen LogP contribution in [0, 0.1) is 10.1 Å². The van der Waals surface area contributed by atoms with E-state index in [-0.39, 0.29) is 5.69 Å². The van der Waals surface area contributed by atoms with Crippen molar-refractivity contribution >= 4 is 5.69 Å². The highest BCUT2D eigenvalue weighted by molar-refractivity contribution is 5.46. The van der Waals surface area contributed by atoms with Crippen LogP contribution in [0.25, 0.3) is 5.69 Å². The molecule has 0 aliphatic rings. The summed E-state index contributed by atoms with van der Waals surface area (Å²) in [6.07, 6.45) is -6.03. The number of hydrogen-bond acceptors (Lipinski definition) is 6. The third-order valence-corrected chi connectivity index (χ3v) is 2.09. The van der Waals surface area contributed by atoms with Gasteiger partial charge in [0.05, 0.1) is 14.8 Å². The van der Waals surface area contributed by atoms with Crippen molar-refractivity contribution in [3.8, 4) is 11.8 Å². The molecule has 0 spiro atoms. The summed E-state index contributed by atoms with van der Waals surface area (Å²) in [6, 6.07) is 2.06. The molecule has 1 aromatic carbocycles. The molecule has 0 amide bonds. The van der Waals surface area contributed by atoms with Crippen molar-refractivity contribution in [1.29, 1.82) is 0 Å². The Bertz CT molecular complexity index is 639. The van der Waals surface area contributed by atoms with Gasteiger partial charge < -0.3 is 9.63 Å². The Hall–Kier alpha value is -2.72. The Labute approximate surface area is 101 Å². The van der Waals surface area contributed by atoms with Gasteiger partial charge in [0.15, 0.2) is 0 Å². The molecule has 0 fully saturated rings. The molecule has 0 bridgehead atoms. The number of rotatable bonds is 2. The molecule has 0 aliphatic carbocycles. The fourth-order valence-electron chi connectivity index (χ4n) is 1.33. The third kappa shape index (κ3) is 2.43. The number of aromatic nitrogens is 3. The van der Waals surface area contributed by atoms with Gasteiger partial charge in [0.1, 0.15) is 10.8 Å². The zero-order valence-electron chi connectivity index (χ0n) is 8.79. The van der Waals surface area contributed by atoms with Crippen LogP contribution in [0.3, 0.4) is 0 Å². The Kier molecular flexibility index (Phi) is 2.81. The lowest BCUT2D eigenvalue weighted by Gasteiger charge is -2.06. The normalized spacial score (nSPS) is 11.5. The van der Waals surface area contributed by atoms with Crippen molar-refractivity contribution < 1.29 is 32.5 Å². The van der Waals surface area contributed by atoms with Gasteiger partial charge >= 0.3 is 6.18 Å². The van der Waals surface area contributed by atoms with Crippen LogP contribution in [0.2, 0.25) is 0 Å². The van der Waals surface area contributed by atoms with E-state index in [1.165, 1.54) is 0 Å². The van der Waals surface area contributed by atoms with Gasteiger partial charge in [0.25, 0.3) is 11.4 Å². The molecule has 0 saturated heterocycles. The van der Waals surface area contributed by atoms with Crippen LogP contribution >= 0.6 is 0 Å². The summed E-state index contributed by atoms with van der Waals surface area (Å²) in [6.45, 7) is 0. The monoisotopic (exact) mass is 276 g/mol. The van der Waals surface area contributed by atoms with E-state index < -0.39 is 28.4 Å². The fraction of sp³-hybridized carbons (Fsp3) is 0.125. The van der Waals surface area contributed by atoms with Crippen molar-refractivity contribution in [2.24, 2.45) is 0 Å². The Morgan fingerprint density at radius 3 is 2.53 bits per heavy atom. The summed E-state index contributed by atoms with van der Waals surface area (Å²) in [5.41, 5.74) is -2.87. The number of halogens is 3. The highest BCUT2D eigenvalue weighted by Crippen LogP contribution is 2.36. The highest BCUT2D eigenvalue weighted by atomic mass is 19.4. The second-order valence-corrected chi connectivity index (χ2v) is 3.28. The van der Waals surface area contributed by atoms with Gasteiger partial charge in [-0.05, 0) is 0 Å². The van der Waals surface area contributed by atoms with E-state index in [2.05, 4.69) is 14.9 Å². The van der Waals surface area contributed by atoms with Gasteiger partial charge in [-0.3, -0.25) is 10.1 Å². The molecule has 1 heterocycles. The molecule has 0 N–H and O–H groups in total. The molecule has 8 nitrogen and oxygen atoms in total. The number of alkyl halides is 3. The smallest absolute Gasteiger partial charge is 0.423 e. The minimum atomic E-state index is -4.93. The second-order valence-electron chi connectivity index (χ2n) is 3.28. The average molecular weight is 276 g/mol. The summed E-state index contributed by atoms with van der Waals surface area (Å²) in [5.74, 6) is 0. The zero-order chi connectivity index (χ0) is 14.2. The Balaban J connectivity index is 2.59. The standard InChI is InChI=1S/C8H3F3N4O4/c9-8(10,11)5-3-4(1-2-6(5)15(17)18)14-12-7(16)19-13-14/h1-3H. The van der Waals surface area contributed by atoms with Gasteiger partial charge in [0, 0.05) is 18.2 Å². The lowest BCUT2D eigenvalue weighted by atomic mass is 10.1. The van der Waals surface area contributed by atoms with Crippen LogP contribution in [-0.4, -0.2) is 15.3 Å². The maximum Gasteiger partial charge on any atom is 0.423 e. The van der Waals surface area contributed by atoms with Crippen molar-refractivity contribution in [1.82, 2.24) is 10.4 Å². The molecule has 0 saturated carbocycles. The molecule has 0 atom stereocenters. The number of nitro groups is 1. The van der Waals surface area contributed by atoms with Crippen molar-refractivity contribution in [2.75, 3.05) is 0 Å². The topological polar surface area (TPSA) is 109 Å². The van der Waals surface area contributed by atoms with Crippen LogP contribution in [0.1, 0.15) is 5.56 Å². The minimum Gasteiger partial charge on any atom is -0.523 e. The number of hydrogen-bond donors (Lipinski definition) is 0. The summed E-state index contributed by atoms with van der Waals surface area (Å²) in [7, 11) is 0. The quantitative estimate of drug-likeness (QED) is 0.444. The molecule has 0 radical (unpaired) electrons. The lowest BCUT2D eigenvalue weighted by Crippen LogP contribution is -2.36. The molecule has 2 rings (SSSR count). The van der Waals surface area contributed by atoms with E-state index in [1.807, 2.05) is 0 Å². The van der Waals surface area contributed by atoms with E-state index in [0.29, 0.717) is 16.9 Å². The SMILES string of the molecule is O=[N+]([O-])c1ccc(-[n+]2noc([O-])n2)cc1C(F)(F)F. The minimum absolute atomic E-state index is 0.288. The van der Waals surface area contributed by atoms with Gasteiger partial charge in [-0.25, -0.2) is 0 Å². The molecule has 100 valence electrons. The maximum absolute atomic E-state index is 12.7. The van der Waals surface area contributed by atoms with Crippen LogP contribution in [-0.2, 0) is 6.18 Å². The molecule has 11 heteroatoms. The van der Waals surface area contributed by atoms with E-state index in [1.54, 1.807) is 0 Å². The first-order valence-electron chi connectivity index (χ1n) is 4.58. The molecular weight excluding hydrogens is 273 g/mol. The Morgan fingerprint density at radius 2 is 2.05 bits per heavy atom. The summed E-state index contributed by atoms with van der Waals surface area (Å²) < 4.78 is 42.1. The fourth-order valence-corrected chi connectivity index (χ4v) is 1.33. The first kappa shape index (κ1) is 12.7. The van der Waals surface area contributed by atoms with E-state index >= 15 is 0 Å². The van der Waals surface area contributed by atoms with Crippen molar-refractivity contribution in [2.45, 2.75) is 6.18 Å². The largest absolute Gasteiger partial charge is 0.523 e. The van der Waals surface area contributed by atoms with Crippen LogP contribution in [0.5, 0.6) is 6.08 Å². The van der Waals surface area contributed by atoms with Gasteiger partial charge in [0.2, 0.25) is 6.08 Å². The lowest BCUT2D eigenvalue weighted by molar-refractivity contribution is -0.726. The van der Waals surface area contributed by atoms with Gasteiger partial charge in [-0.1, -0.05) is 0 Å². The molecule has 19 heavy (non-hydrogen) atoms. The van der Waals surface area contributed by atoms with E-state index in [0.717, 1.165) is 6.07 Å². The molecular formula is C8H3F3N4O4. The van der Waals surface area contributed by atoms with Crippen molar-refractivity contribution in [3.05, 3.63) is 33.9 Å². The second kappa shape index (κ2) is 4.19. The summed E-state index contributed by atoms with van der Waals surface area (Å²) in [4.78, 5) is 9.86. The first-order chi connectivity index (χ1) is 8.79. The molecule has 0 aliphatic heterocycles. The van der Waals surface area contributed by atoms with Gasteiger partial charge in [-0.2, -0.15) is 13.2 Å². The van der Waals surface area contributed by atoms with Gasteiger partial charge in [-0.15, -0.1) is 0 Å². The molecule has 0 unspecified atom stereocenters. The van der Waals surface area contributed by atoms with E-state index in [4.69, 9.17) is 0 Å². The summed E-state index contributed by atoms with van der Waals surface area (Å²) in [5, 5.41) is 27.3. The average Bonchev–Trinajstić information content (AvgIpc) is 2.74. The van der Waals surface area contributed by atoms with Crippen molar-refractivity contribution in [3.63, 3.8) is 0 Å². The molecule has 2 aromatic rings. The number of nitro benzene ring substituents is 1. The molecule has 1 aromatic heterocycles. The van der Waals surface area contributed by atoms with Crippen LogP contribution in [0.4, 0.5) is 18.9 Å². The zero-order valence-corrected chi connectivity index (χ0v) is 8.79. The van der Waals surface area contributed by atoms with E-state index in [9.17, 15) is 28.4 Å². The number of benzene rings is 1. The maximum atomic E-state index is 12.7. The predicted molar refractivity (Wildman–Crippen MR) is 46.9 cm³/mol. The Morgan fingerprint density at radius 1 is 1.37 bits per heavy atom. The number of nitrogens with zero attached hydrogens (tertiary/aromatic N) is 4. The summed E-state index contributed by atoms with van der Waals surface area (Å²) >= 11 is 0.